The Kier molecular flexibility index (Phi) is 5.15. The SMILES string of the molecule is CC(C)c1noc(CN2CCN(C(=O)N3CCCCC3)CC2)n1. The van der Waals surface area contributed by atoms with E-state index in [2.05, 4.69) is 28.9 Å². The van der Waals surface area contributed by atoms with Crippen LogP contribution in [0, 0.1) is 0 Å². The van der Waals surface area contributed by atoms with Gasteiger partial charge in [-0.05, 0) is 19.3 Å². The molecule has 2 saturated heterocycles. The van der Waals surface area contributed by atoms with Gasteiger partial charge in [0.05, 0.1) is 6.54 Å². The van der Waals surface area contributed by atoms with Gasteiger partial charge in [0, 0.05) is 45.2 Å². The Morgan fingerprint density at radius 3 is 2.30 bits per heavy atom. The van der Waals surface area contributed by atoms with Crippen molar-refractivity contribution in [3.8, 4) is 0 Å². The van der Waals surface area contributed by atoms with E-state index < -0.39 is 0 Å². The van der Waals surface area contributed by atoms with Crippen LogP contribution in [0.5, 0.6) is 0 Å². The molecule has 7 nitrogen and oxygen atoms in total. The smallest absolute Gasteiger partial charge is 0.320 e. The van der Waals surface area contributed by atoms with Gasteiger partial charge in [0.2, 0.25) is 5.89 Å². The Morgan fingerprint density at radius 2 is 1.70 bits per heavy atom. The largest absolute Gasteiger partial charge is 0.338 e. The number of likely N-dealkylation sites (tertiary alicyclic amines) is 1. The molecule has 0 bridgehead atoms. The number of amides is 2. The lowest BCUT2D eigenvalue weighted by atomic mass is 10.1. The number of urea groups is 1. The summed E-state index contributed by atoms with van der Waals surface area (Å²) in [4.78, 5) is 23.2. The molecule has 0 N–H and O–H groups in total. The van der Waals surface area contributed by atoms with Crippen LogP contribution in [0.25, 0.3) is 0 Å². The molecule has 0 atom stereocenters. The van der Waals surface area contributed by atoms with Gasteiger partial charge < -0.3 is 14.3 Å². The van der Waals surface area contributed by atoms with Gasteiger partial charge in [-0.1, -0.05) is 19.0 Å². The van der Waals surface area contributed by atoms with Gasteiger partial charge in [0.25, 0.3) is 0 Å². The van der Waals surface area contributed by atoms with Crippen LogP contribution in [0.4, 0.5) is 4.79 Å². The minimum absolute atomic E-state index is 0.212. The quantitative estimate of drug-likeness (QED) is 0.851. The molecule has 0 saturated carbocycles. The zero-order valence-corrected chi connectivity index (χ0v) is 14.2. The second-order valence-electron chi connectivity index (χ2n) is 6.79. The van der Waals surface area contributed by atoms with E-state index >= 15 is 0 Å². The molecule has 2 aliphatic rings. The number of piperidine rings is 1. The van der Waals surface area contributed by atoms with E-state index in [9.17, 15) is 4.79 Å². The highest BCUT2D eigenvalue weighted by Crippen LogP contribution is 2.15. The van der Waals surface area contributed by atoms with Gasteiger partial charge >= 0.3 is 6.03 Å². The lowest BCUT2D eigenvalue weighted by molar-refractivity contribution is 0.0998. The van der Waals surface area contributed by atoms with E-state index in [4.69, 9.17) is 4.52 Å². The van der Waals surface area contributed by atoms with Crippen molar-refractivity contribution in [1.29, 1.82) is 0 Å². The van der Waals surface area contributed by atoms with E-state index in [0.717, 1.165) is 57.9 Å². The number of hydrogen-bond donors (Lipinski definition) is 0. The fourth-order valence-corrected chi connectivity index (χ4v) is 3.14. The zero-order chi connectivity index (χ0) is 16.2. The molecule has 3 rings (SSSR count). The highest BCUT2D eigenvalue weighted by Gasteiger charge is 2.26. The van der Waals surface area contributed by atoms with Crippen LogP contribution in [0.15, 0.2) is 4.52 Å². The third-order valence-corrected chi connectivity index (χ3v) is 4.63. The van der Waals surface area contributed by atoms with Gasteiger partial charge in [-0.15, -0.1) is 0 Å². The fourth-order valence-electron chi connectivity index (χ4n) is 3.14. The van der Waals surface area contributed by atoms with Crippen LogP contribution in [0.3, 0.4) is 0 Å². The third kappa shape index (κ3) is 4.02. The molecule has 0 aliphatic carbocycles. The van der Waals surface area contributed by atoms with Crippen molar-refractivity contribution >= 4 is 6.03 Å². The molecule has 0 unspecified atom stereocenters. The zero-order valence-electron chi connectivity index (χ0n) is 14.2. The molecule has 128 valence electrons. The van der Waals surface area contributed by atoms with E-state index in [-0.39, 0.29) is 11.9 Å². The Morgan fingerprint density at radius 1 is 1.04 bits per heavy atom. The molecule has 7 heteroatoms. The van der Waals surface area contributed by atoms with E-state index in [1.807, 2.05) is 9.80 Å². The second-order valence-corrected chi connectivity index (χ2v) is 6.79. The summed E-state index contributed by atoms with van der Waals surface area (Å²) in [5.41, 5.74) is 0. The number of rotatable bonds is 3. The molecular formula is C16H27N5O2. The molecule has 3 heterocycles. The van der Waals surface area contributed by atoms with Gasteiger partial charge in [-0.3, -0.25) is 4.90 Å². The Hall–Kier alpha value is -1.63. The molecule has 1 aromatic heterocycles. The summed E-state index contributed by atoms with van der Waals surface area (Å²) >= 11 is 0. The predicted octanol–water partition coefficient (Wildman–Crippen LogP) is 1.92. The minimum atomic E-state index is 0.212. The molecule has 0 radical (unpaired) electrons. The number of aromatic nitrogens is 2. The van der Waals surface area contributed by atoms with E-state index in [1.165, 1.54) is 6.42 Å². The average Bonchev–Trinajstić information content (AvgIpc) is 3.04. The van der Waals surface area contributed by atoms with Crippen molar-refractivity contribution in [3.05, 3.63) is 11.7 Å². The maximum absolute atomic E-state index is 12.5. The first-order chi connectivity index (χ1) is 11.1. The monoisotopic (exact) mass is 321 g/mol. The maximum atomic E-state index is 12.5. The number of piperazine rings is 1. The fraction of sp³-hybridized carbons (Fsp3) is 0.812. The summed E-state index contributed by atoms with van der Waals surface area (Å²) in [5, 5.41) is 4.00. The first-order valence-electron chi connectivity index (χ1n) is 8.72. The van der Waals surface area contributed by atoms with E-state index in [0.29, 0.717) is 12.4 Å². The Balaban J connectivity index is 1.47. The number of nitrogens with zero attached hydrogens (tertiary/aromatic N) is 5. The number of carbonyl (C=O) groups is 1. The molecule has 2 fully saturated rings. The minimum Gasteiger partial charge on any atom is -0.338 e. The first-order valence-corrected chi connectivity index (χ1v) is 8.72. The summed E-state index contributed by atoms with van der Waals surface area (Å²) in [6, 6.07) is 0.212. The highest BCUT2D eigenvalue weighted by atomic mass is 16.5. The predicted molar refractivity (Wildman–Crippen MR) is 86.1 cm³/mol. The topological polar surface area (TPSA) is 65.7 Å². The highest BCUT2D eigenvalue weighted by molar-refractivity contribution is 5.74. The van der Waals surface area contributed by atoms with Gasteiger partial charge in [0.1, 0.15) is 0 Å². The molecule has 0 aromatic carbocycles. The first kappa shape index (κ1) is 16.2. The van der Waals surface area contributed by atoms with Crippen molar-refractivity contribution in [2.75, 3.05) is 39.3 Å². The van der Waals surface area contributed by atoms with Crippen molar-refractivity contribution < 1.29 is 9.32 Å². The number of carbonyl (C=O) groups excluding carboxylic acids is 1. The van der Waals surface area contributed by atoms with Crippen molar-refractivity contribution in [1.82, 2.24) is 24.8 Å². The average molecular weight is 321 g/mol. The van der Waals surface area contributed by atoms with Crippen LogP contribution in [-0.4, -0.2) is 70.1 Å². The van der Waals surface area contributed by atoms with Crippen LogP contribution in [0.2, 0.25) is 0 Å². The van der Waals surface area contributed by atoms with Crippen molar-refractivity contribution in [2.45, 2.75) is 45.6 Å². The summed E-state index contributed by atoms with van der Waals surface area (Å²) in [6.07, 6.45) is 3.53. The molecular weight excluding hydrogens is 294 g/mol. The Labute approximate surface area is 137 Å². The van der Waals surface area contributed by atoms with Crippen LogP contribution < -0.4 is 0 Å². The molecule has 0 spiro atoms. The van der Waals surface area contributed by atoms with Crippen LogP contribution >= 0.6 is 0 Å². The third-order valence-electron chi connectivity index (χ3n) is 4.63. The summed E-state index contributed by atoms with van der Waals surface area (Å²) in [7, 11) is 0. The molecule has 23 heavy (non-hydrogen) atoms. The van der Waals surface area contributed by atoms with Crippen LogP contribution in [-0.2, 0) is 6.54 Å². The standard InChI is InChI=1S/C16H27N5O2/c1-13(2)15-17-14(23-18-15)12-19-8-10-21(11-9-19)16(22)20-6-4-3-5-7-20/h13H,3-12H2,1-2H3. The van der Waals surface area contributed by atoms with Crippen LogP contribution in [0.1, 0.15) is 50.7 Å². The van der Waals surface area contributed by atoms with Crippen molar-refractivity contribution in [2.24, 2.45) is 0 Å². The second kappa shape index (κ2) is 7.29. The Bertz CT molecular complexity index is 516. The lowest BCUT2D eigenvalue weighted by Gasteiger charge is -2.38. The molecule has 1 aromatic rings. The van der Waals surface area contributed by atoms with Gasteiger partial charge in [0.15, 0.2) is 5.82 Å². The summed E-state index contributed by atoms with van der Waals surface area (Å²) in [6.45, 7) is 9.89. The number of hydrogen-bond acceptors (Lipinski definition) is 5. The molecule has 2 amide bonds. The van der Waals surface area contributed by atoms with Gasteiger partial charge in [-0.25, -0.2) is 4.79 Å². The van der Waals surface area contributed by atoms with E-state index in [1.54, 1.807) is 0 Å². The lowest BCUT2D eigenvalue weighted by Crippen LogP contribution is -2.53. The normalized spacial score (nSPS) is 20.3. The van der Waals surface area contributed by atoms with Gasteiger partial charge in [-0.2, -0.15) is 4.98 Å². The summed E-state index contributed by atoms with van der Waals surface area (Å²) < 4.78 is 5.31. The van der Waals surface area contributed by atoms with Crippen molar-refractivity contribution in [3.63, 3.8) is 0 Å². The maximum Gasteiger partial charge on any atom is 0.320 e. The summed E-state index contributed by atoms with van der Waals surface area (Å²) in [5.74, 6) is 1.72. The molecule has 2 aliphatic heterocycles.